The van der Waals surface area contributed by atoms with Crippen molar-refractivity contribution < 1.29 is 19.1 Å². The number of carbonyl (C=O) groups is 3. The molecule has 2 heterocycles. The quantitative estimate of drug-likeness (QED) is 0.187. The molecule has 0 bridgehead atoms. The zero-order chi connectivity index (χ0) is 28.5. The average molecular weight is 580 g/mol. The topological polar surface area (TPSA) is 63.7 Å². The molecule has 3 aliphatic rings. The van der Waals surface area contributed by atoms with Crippen molar-refractivity contribution in [2.24, 2.45) is 5.41 Å². The third kappa shape index (κ3) is 3.52. The molecule has 1 saturated heterocycles. The summed E-state index contributed by atoms with van der Waals surface area (Å²) in [5.74, 6) is -1.22. The molecule has 4 aromatic carbocycles. The maximum Gasteiger partial charge on any atom is 0.186 e. The van der Waals surface area contributed by atoms with Crippen molar-refractivity contribution in [1.29, 1.82) is 0 Å². The molecule has 0 unspecified atom stereocenters. The lowest BCUT2D eigenvalue weighted by molar-refractivity contribution is 0.0666. The van der Waals surface area contributed by atoms with Crippen LogP contribution in [0.3, 0.4) is 0 Å². The van der Waals surface area contributed by atoms with Crippen molar-refractivity contribution in [3.8, 4) is 5.75 Å². The van der Waals surface area contributed by atoms with Gasteiger partial charge < -0.3 is 9.64 Å². The number of nitrogens with zero attached hydrogens (tertiary/aromatic N) is 1. The average Bonchev–Trinajstić information content (AvgIpc) is 3.43. The van der Waals surface area contributed by atoms with Crippen molar-refractivity contribution in [2.45, 2.75) is 18.0 Å². The van der Waals surface area contributed by atoms with Crippen molar-refractivity contribution in [3.63, 3.8) is 0 Å². The maximum absolute atomic E-state index is 14.8. The Morgan fingerprint density at radius 1 is 0.854 bits per heavy atom. The summed E-state index contributed by atoms with van der Waals surface area (Å²) in [6.07, 6.45) is 3.75. The SMILES string of the molecule is COc1cccc(C(=O)[C@@H]2[C@H](c3ccccc3Cl)C3(C(=O)c4ccccc4C3=O)[C@H]3C=Cc4cc(Cl)ccc4N23)c1. The van der Waals surface area contributed by atoms with Crippen LogP contribution in [-0.4, -0.2) is 36.5 Å². The standard InChI is InChI=1S/C34H23Cl2NO4/c1-41-22-8-6-7-20(18-22)31(38)30-29(25-11-4-5-12-26(25)36)34(32(39)23-9-2-3-10-24(23)33(34)40)28-16-13-19-17-21(35)14-15-27(19)37(28)30/h2-18,28-30H,1H3/t28-,29+,30+/m1/s1. The van der Waals surface area contributed by atoms with Crippen LogP contribution >= 0.6 is 23.2 Å². The van der Waals surface area contributed by atoms with Gasteiger partial charge in [0.05, 0.1) is 13.2 Å². The lowest BCUT2D eigenvalue weighted by atomic mass is 9.64. The molecule has 1 fully saturated rings. The Hall–Kier alpha value is -4.19. The van der Waals surface area contributed by atoms with E-state index in [4.69, 9.17) is 27.9 Å². The molecule has 0 N–H and O–H groups in total. The van der Waals surface area contributed by atoms with E-state index >= 15 is 0 Å². The number of hydrogen-bond donors (Lipinski definition) is 0. The van der Waals surface area contributed by atoms with Gasteiger partial charge in [0.15, 0.2) is 17.3 Å². The van der Waals surface area contributed by atoms with E-state index in [1.165, 1.54) is 0 Å². The van der Waals surface area contributed by atoms with E-state index in [0.717, 1.165) is 5.56 Å². The van der Waals surface area contributed by atoms with Crippen LogP contribution in [-0.2, 0) is 0 Å². The van der Waals surface area contributed by atoms with Gasteiger partial charge in [-0.15, -0.1) is 0 Å². The number of carbonyl (C=O) groups excluding carboxylic acids is 3. The van der Waals surface area contributed by atoms with Crippen LogP contribution in [0.15, 0.2) is 97.1 Å². The van der Waals surface area contributed by atoms with Crippen LogP contribution in [0.5, 0.6) is 5.75 Å². The molecule has 1 aliphatic carbocycles. The zero-order valence-corrected chi connectivity index (χ0v) is 23.4. The van der Waals surface area contributed by atoms with E-state index in [-0.39, 0.29) is 17.3 Å². The Balaban J connectivity index is 1.56. The van der Waals surface area contributed by atoms with Gasteiger partial charge in [0.1, 0.15) is 17.2 Å². The number of halogens is 2. The van der Waals surface area contributed by atoms with E-state index in [2.05, 4.69) is 0 Å². The highest BCUT2D eigenvalue weighted by atomic mass is 35.5. The van der Waals surface area contributed by atoms with Gasteiger partial charge in [-0.1, -0.05) is 90.0 Å². The van der Waals surface area contributed by atoms with Crippen LogP contribution in [0.2, 0.25) is 10.0 Å². The molecular formula is C34H23Cl2NO4. The highest BCUT2D eigenvalue weighted by molar-refractivity contribution is 6.34. The Labute approximate surface area is 247 Å². The molecule has 0 amide bonds. The molecule has 1 spiro atoms. The van der Waals surface area contributed by atoms with Crippen molar-refractivity contribution in [3.05, 3.63) is 135 Å². The van der Waals surface area contributed by atoms with Gasteiger partial charge in [-0.25, -0.2) is 0 Å². The second-order valence-corrected chi connectivity index (χ2v) is 11.4. The number of ketones is 3. The number of Topliss-reactive ketones (excluding diaryl/α,β-unsaturated/α-hetero) is 3. The van der Waals surface area contributed by atoms with Crippen molar-refractivity contribution >= 4 is 52.3 Å². The molecule has 2 aliphatic heterocycles. The Morgan fingerprint density at radius 3 is 2.27 bits per heavy atom. The second-order valence-electron chi connectivity index (χ2n) is 10.5. The van der Waals surface area contributed by atoms with Gasteiger partial charge in [-0.05, 0) is 47.5 Å². The Morgan fingerprint density at radius 2 is 1.56 bits per heavy atom. The first kappa shape index (κ1) is 25.8. The number of rotatable bonds is 4. The Kier molecular flexibility index (Phi) is 5.93. The Bertz CT molecular complexity index is 1780. The number of ether oxygens (including phenoxy) is 1. The number of hydrogen-bond acceptors (Lipinski definition) is 5. The van der Waals surface area contributed by atoms with E-state index < -0.39 is 23.4 Å². The molecule has 5 nitrogen and oxygen atoms in total. The summed E-state index contributed by atoms with van der Waals surface area (Å²) in [4.78, 5) is 46.0. The van der Waals surface area contributed by atoms with Crippen LogP contribution in [0.1, 0.15) is 48.1 Å². The number of fused-ring (bicyclic) bond motifs is 5. The van der Waals surface area contributed by atoms with Crippen LogP contribution in [0, 0.1) is 5.41 Å². The summed E-state index contributed by atoms with van der Waals surface area (Å²) >= 11 is 13.2. The molecule has 7 rings (SSSR count). The molecule has 0 saturated carbocycles. The first-order chi connectivity index (χ1) is 19.9. The predicted molar refractivity (Wildman–Crippen MR) is 160 cm³/mol. The summed E-state index contributed by atoms with van der Waals surface area (Å²) in [6.45, 7) is 0. The zero-order valence-electron chi connectivity index (χ0n) is 21.9. The third-order valence-corrected chi connectivity index (χ3v) is 9.21. The fourth-order valence-corrected chi connectivity index (χ4v) is 7.40. The summed E-state index contributed by atoms with van der Waals surface area (Å²) < 4.78 is 5.42. The van der Waals surface area contributed by atoms with E-state index in [1.54, 1.807) is 73.8 Å². The van der Waals surface area contributed by atoms with Crippen LogP contribution in [0.25, 0.3) is 6.08 Å². The van der Waals surface area contributed by atoms with E-state index in [1.807, 2.05) is 41.3 Å². The highest BCUT2D eigenvalue weighted by Crippen LogP contribution is 2.61. The van der Waals surface area contributed by atoms with Gasteiger partial charge in [-0.2, -0.15) is 0 Å². The first-order valence-corrected chi connectivity index (χ1v) is 14.0. The van der Waals surface area contributed by atoms with Crippen LogP contribution in [0.4, 0.5) is 5.69 Å². The van der Waals surface area contributed by atoms with E-state index in [0.29, 0.717) is 43.7 Å². The molecule has 41 heavy (non-hydrogen) atoms. The molecule has 0 aromatic heterocycles. The molecule has 3 atom stereocenters. The molecular weight excluding hydrogens is 557 g/mol. The largest absolute Gasteiger partial charge is 0.497 e. The second kappa shape index (κ2) is 9.44. The highest BCUT2D eigenvalue weighted by Gasteiger charge is 2.71. The summed E-state index contributed by atoms with van der Waals surface area (Å²) in [5, 5.41) is 0.927. The lowest BCUT2D eigenvalue weighted by Crippen LogP contribution is -2.48. The first-order valence-electron chi connectivity index (χ1n) is 13.3. The summed E-state index contributed by atoms with van der Waals surface area (Å²) in [7, 11) is 1.54. The minimum atomic E-state index is -1.62. The van der Waals surface area contributed by atoms with Crippen LogP contribution < -0.4 is 9.64 Å². The monoisotopic (exact) mass is 579 g/mol. The van der Waals surface area contributed by atoms with Crippen molar-refractivity contribution in [2.75, 3.05) is 12.0 Å². The van der Waals surface area contributed by atoms with Gasteiger partial charge in [0, 0.05) is 38.3 Å². The van der Waals surface area contributed by atoms with E-state index in [9.17, 15) is 14.4 Å². The molecule has 7 heteroatoms. The third-order valence-electron chi connectivity index (χ3n) is 8.63. The molecule has 4 aromatic rings. The minimum absolute atomic E-state index is 0.247. The molecule has 0 radical (unpaired) electrons. The molecule has 202 valence electrons. The predicted octanol–water partition coefficient (Wildman–Crippen LogP) is 7.32. The lowest BCUT2D eigenvalue weighted by Gasteiger charge is -2.37. The van der Waals surface area contributed by atoms with Gasteiger partial charge in [-0.3, -0.25) is 14.4 Å². The normalized spacial score (nSPS) is 21.5. The number of methoxy groups -OCH3 is 1. The van der Waals surface area contributed by atoms with Gasteiger partial charge >= 0.3 is 0 Å². The van der Waals surface area contributed by atoms with Gasteiger partial charge in [0.2, 0.25) is 0 Å². The maximum atomic E-state index is 14.8. The fraction of sp³-hybridized carbons (Fsp3) is 0.147. The van der Waals surface area contributed by atoms with Gasteiger partial charge in [0.25, 0.3) is 0 Å². The summed E-state index contributed by atoms with van der Waals surface area (Å²) in [5.41, 5.74) is 1.59. The number of anilines is 1. The number of benzene rings is 4. The minimum Gasteiger partial charge on any atom is -0.497 e. The smallest absolute Gasteiger partial charge is 0.186 e. The fourth-order valence-electron chi connectivity index (χ4n) is 6.97. The summed E-state index contributed by atoms with van der Waals surface area (Å²) in [6, 6.07) is 24.7. The van der Waals surface area contributed by atoms with Crippen molar-refractivity contribution in [1.82, 2.24) is 0 Å².